The number of halogens is 2. The number of hydrogen-bond donors (Lipinski definition) is 2. The minimum Gasteiger partial charge on any atom is -0.366 e. The number of fused-ring (bicyclic) bond motifs is 2. The van der Waals surface area contributed by atoms with Crippen molar-refractivity contribution in [3.8, 4) is 5.95 Å². The molecule has 162 valence electrons. The maximum Gasteiger partial charge on any atom is 0.255 e. The number of nitrogens with two attached hydrogens (primary N) is 1. The van der Waals surface area contributed by atoms with Crippen LogP contribution in [0.2, 0.25) is 0 Å². The van der Waals surface area contributed by atoms with Gasteiger partial charge in [-0.1, -0.05) is 12.1 Å². The van der Waals surface area contributed by atoms with E-state index in [0.29, 0.717) is 23.3 Å². The molecule has 2 aromatic heterocycles. The molecule has 0 atom stereocenters. The van der Waals surface area contributed by atoms with Crippen LogP contribution in [0.4, 0.5) is 20.4 Å². The molecule has 8 nitrogen and oxygen atoms in total. The highest BCUT2D eigenvalue weighted by molar-refractivity contribution is 6.05. The standard InChI is InChI=1S/C22H19F2N7O/c1-30-6-5-15-20(26-10-12-3-2-4-13(23)7-12)28-22(29-21(15)30)31-18-9-14(24)8-16(19(25)32)17(18)11-27-31/h2-4,7-9,11H,5-6,10H2,1H3,(H2,25,32)(H,26,28,29). The van der Waals surface area contributed by atoms with Crippen molar-refractivity contribution in [2.75, 3.05) is 23.8 Å². The quantitative estimate of drug-likeness (QED) is 0.500. The first-order chi connectivity index (χ1) is 15.4. The van der Waals surface area contributed by atoms with Gasteiger partial charge in [0.15, 0.2) is 0 Å². The van der Waals surface area contributed by atoms with E-state index >= 15 is 0 Å². The summed E-state index contributed by atoms with van der Waals surface area (Å²) in [4.78, 5) is 23.0. The first-order valence-corrected chi connectivity index (χ1v) is 9.98. The second-order valence-corrected chi connectivity index (χ2v) is 7.64. The van der Waals surface area contributed by atoms with Crippen molar-refractivity contribution < 1.29 is 13.6 Å². The molecule has 5 rings (SSSR count). The molecule has 0 radical (unpaired) electrons. The molecule has 0 spiro atoms. The average molecular weight is 435 g/mol. The fourth-order valence-electron chi connectivity index (χ4n) is 3.92. The average Bonchev–Trinajstić information content (AvgIpc) is 3.35. The summed E-state index contributed by atoms with van der Waals surface area (Å²) in [6.45, 7) is 1.13. The number of likely N-dealkylation sites (N-methyl/N-ethyl adjacent to an activating group) is 1. The molecule has 0 aliphatic carbocycles. The van der Waals surface area contributed by atoms with Crippen LogP contribution < -0.4 is 16.0 Å². The summed E-state index contributed by atoms with van der Waals surface area (Å²) in [5.74, 6) is -0.138. The number of primary amides is 1. The number of benzene rings is 2. The third-order valence-corrected chi connectivity index (χ3v) is 5.49. The summed E-state index contributed by atoms with van der Waals surface area (Å²) in [5.41, 5.74) is 7.47. The van der Waals surface area contributed by atoms with Crippen LogP contribution in [0.1, 0.15) is 21.5 Å². The fourth-order valence-corrected chi connectivity index (χ4v) is 3.92. The van der Waals surface area contributed by atoms with Crippen molar-refractivity contribution in [3.63, 3.8) is 0 Å². The molecule has 0 fully saturated rings. The van der Waals surface area contributed by atoms with E-state index in [4.69, 9.17) is 5.73 Å². The van der Waals surface area contributed by atoms with Crippen LogP contribution in [-0.2, 0) is 13.0 Å². The van der Waals surface area contributed by atoms with Crippen LogP contribution in [-0.4, -0.2) is 39.2 Å². The van der Waals surface area contributed by atoms with E-state index in [-0.39, 0.29) is 17.3 Å². The minimum absolute atomic E-state index is 0.0361. The van der Waals surface area contributed by atoms with Gasteiger partial charge in [-0.15, -0.1) is 0 Å². The van der Waals surface area contributed by atoms with E-state index in [2.05, 4.69) is 20.4 Å². The molecule has 0 saturated heterocycles. The molecule has 1 aliphatic rings. The van der Waals surface area contributed by atoms with E-state index in [0.717, 1.165) is 36.0 Å². The Labute approximate surface area is 181 Å². The Balaban J connectivity index is 1.60. The van der Waals surface area contributed by atoms with Gasteiger partial charge in [-0.3, -0.25) is 4.79 Å². The maximum atomic E-state index is 14.2. The SMILES string of the molecule is CN1CCc2c(NCc3cccc(F)c3)nc(-n3ncc4c(C(N)=O)cc(F)cc43)nc21. The van der Waals surface area contributed by atoms with E-state index in [1.165, 1.54) is 29.1 Å². The summed E-state index contributed by atoms with van der Waals surface area (Å²) in [6, 6.07) is 8.66. The van der Waals surface area contributed by atoms with Gasteiger partial charge in [0.1, 0.15) is 23.3 Å². The Morgan fingerprint density at radius 2 is 2.03 bits per heavy atom. The zero-order valence-corrected chi connectivity index (χ0v) is 17.1. The molecular formula is C22H19F2N7O. The van der Waals surface area contributed by atoms with Crippen LogP contribution >= 0.6 is 0 Å². The highest BCUT2D eigenvalue weighted by Gasteiger charge is 2.25. The van der Waals surface area contributed by atoms with E-state index in [1.54, 1.807) is 6.07 Å². The van der Waals surface area contributed by atoms with Gasteiger partial charge in [0, 0.05) is 37.2 Å². The van der Waals surface area contributed by atoms with E-state index in [9.17, 15) is 13.6 Å². The predicted octanol–water partition coefficient (Wildman–Crippen LogP) is 2.80. The lowest BCUT2D eigenvalue weighted by Gasteiger charge is -2.15. The molecule has 0 unspecified atom stereocenters. The first kappa shape index (κ1) is 19.9. The molecule has 1 amide bonds. The summed E-state index contributed by atoms with van der Waals surface area (Å²) >= 11 is 0. The number of aromatic nitrogens is 4. The summed E-state index contributed by atoms with van der Waals surface area (Å²) in [6.07, 6.45) is 2.19. The minimum atomic E-state index is -0.749. The number of hydrogen-bond acceptors (Lipinski definition) is 6. The van der Waals surface area contributed by atoms with Crippen LogP contribution in [0.3, 0.4) is 0 Å². The van der Waals surface area contributed by atoms with Gasteiger partial charge in [0.25, 0.3) is 5.95 Å². The van der Waals surface area contributed by atoms with Crippen molar-refractivity contribution in [2.24, 2.45) is 5.73 Å². The first-order valence-electron chi connectivity index (χ1n) is 9.98. The molecule has 1 aliphatic heterocycles. The number of amides is 1. The van der Waals surface area contributed by atoms with Gasteiger partial charge < -0.3 is 16.0 Å². The lowest BCUT2D eigenvalue weighted by atomic mass is 10.1. The molecule has 2 aromatic carbocycles. The Morgan fingerprint density at radius 1 is 1.19 bits per heavy atom. The number of nitrogens with zero attached hydrogens (tertiary/aromatic N) is 5. The van der Waals surface area contributed by atoms with Crippen molar-refractivity contribution in [2.45, 2.75) is 13.0 Å². The molecule has 3 heterocycles. The van der Waals surface area contributed by atoms with Crippen LogP contribution in [0.25, 0.3) is 16.9 Å². The van der Waals surface area contributed by atoms with Gasteiger partial charge in [-0.2, -0.15) is 19.7 Å². The molecule has 10 heteroatoms. The van der Waals surface area contributed by atoms with Crippen LogP contribution in [0.5, 0.6) is 0 Å². The summed E-state index contributed by atoms with van der Waals surface area (Å²) < 4.78 is 29.1. The maximum absolute atomic E-state index is 14.2. The van der Waals surface area contributed by atoms with Crippen LogP contribution in [0.15, 0.2) is 42.6 Å². The largest absolute Gasteiger partial charge is 0.366 e. The van der Waals surface area contributed by atoms with Gasteiger partial charge in [-0.25, -0.2) is 8.78 Å². The Kier molecular flexibility index (Phi) is 4.69. The lowest BCUT2D eigenvalue weighted by Crippen LogP contribution is -2.16. The topological polar surface area (TPSA) is 102 Å². The van der Waals surface area contributed by atoms with Crippen molar-refractivity contribution in [1.82, 2.24) is 19.7 Å². The van der Waals surface area contributed by atoms with Gasteiger partial charge >= 0.3 is 0 Å². The highest BCUT2D eigenvalue weighted by atomic mass is 19.1. The van der Waals surface area contributed by atoms with Crippen molar-refractivity contribution >= 4 is 28.4 Å². The number of anilines is 2. The molecule has 0 saturated carbocycles. The van der Waals surface area contributed by atoms with E-state index in [1.807, 2.05) is 18.0 Å². The van der Waals surface area contributed by atoms with Crippen molar-refractivity contribution in [1.29, 1.82) is 0 Å². The molecular weight excluding hydrogens is 416 g/mol. The summed E-state index contributed by atoms with van der Waals surface area (Å²) in [5, 5.41) is 7.97. The third kappa shape index (κ3) is 3.39. The molecule has 3 N–H and O–H groups in total. The Hall–Kier alpha value is -4.08. The molecule has 4 aromatic rings. The number of carbonyl (C=O) groups excluding carboxylic acids is 1. The van der Waals surface area contributed by atoms with Gasteiger partial charge in [-0.05, 0) is 30.2 Å². The fraction of sp³-hybridized carbons (Fsp3) is 0.182. The summed E-state index contributed by atoms with van der Waals surface area (Å²) in [7, 11) is 1.92. The normalized spacial score (nSPS) is 12.9. The van der Waals surface area contributed by atoms with E-state index < -0.39 is 11.7 Å². The molecule has 0 bridgehead atoms. The lowest BCUT2D eigenvalue weighted by molar-refractivity contribution is 0.100. The Bertz CT molecular complexity index is 1370. The van der Waals surface area contributed by atoms with Gasteiger partial charge in [0.2, 0.25) is 5.91 Å². The van der Waals surface area contributed by atoms with Crippen LogP contribution in [0, 0.1) is 11.6 Å². The highest BCUT2D eigenvalue weighted by Crippen LogP contribution is 2.32. The zero-order chi connectivity index (χ0) is 22.4. The van der Waals surface area contributed by atoms with Gasteiger partial charge in [0.05, 0.1) is 17.3 Å². The monoisotopic (exact) mass is 435 g/mol. The zero-order valence-electron chi connectivity index (χ0n) is 17.1. The second-order valence-electron chi connectivity index (χ2n) is 7.64. The number of carbonyl (C=O) groups is 1. The Morgan fingerprint density at radius 3 is 2.81 bits per heavy atom. The smallest absolute Gasteiger partial charge is 0.255 e. The van der Waals surface area contributed by atoms with Crippen molar-refractivity contribution in [3.05, 3.63) is 70.9 Å². The third-order valence-electron chi connectivity index (χ3n) is 5.49. The number of rotatable bonds is 5. The predicted molar refractivity (Wildman–Crippen MR) is 116 cm³/mol. The molecule has 32 heavy (non-hydrogen) atoms. The second kappa shape index (κ2) is 7.56. The number of nitrogens with one attached hydrogen (secondary N) is 1.